The molecule has 3 N–H and O–H groups in total. The van der Waals surface area contributed by atoms with E-state index in [1.54, 1.807) is 27.7 Å². The normalized spacial score (nSPS) is 11.9. The molecule has 0 heterocycles. The van der Waals surface area contributed by atoms with E-state index in [0.29, 0.717) is 6.61 Å². The van der Waals surface area contributed by atoms with E-state index < -0.39 is 6.09 Å². The molecule has 0 aliphatic heterocycles. The number of hydrogen-bond acceptors (Lipinski definition) is 4. The maximum atomic E-state index is 11.0. The molecule has 1 atom stereocenters. The van der Waals surface area contributed by atoms with Crippen molar-refractivity contribution in [3.63, 3.8) is 0 Å². The second kappa shape index (κ2) is 12.2. The first-order valence-corrected chi connectivity index (χ1v) is 7.75. The van der Waals surface area contributed by atoms with Gasteiger partial charge in [-0.25, -0.2) is 8.32 Å². The van der Waals surface area contributed by atoms with Gasteiger partial charge in [-0.2, -0.15) is 0 Å². The Morgan fingerprint density at radius 1 is 1.30 bits per heavy atom. The zero-order valence-electron chi connectivity index (χ0n) is 13.0. The Balaban J connectivity index is 0. The van der Waals surface area contributed by atoms with Crippen LogP contribution in [0.25, 0.3) is 0 Å². The number of nitrogens with one attached hydrogen (secondary N) is 2. The van der Waals surface area contributed by atoms with Crippen LogP contribution in [-0.2, 0) is 9.53 Å². The van der Waals surface area contributed by atoms with Crippen LogP contribution in [0.5, 0.6) is 0 Å². The highest BCUT2D eigenvalue weighted by Crippen LogP contribution is 1.97. The molecule has 6 nitrogen and oxygen atoms in total. The van der Waals surface area contributed by atoms with Crippen LogP contribution in [0.1, 0.15) is 53.9 Å². The highest BCUT2D eigenvalue weighted by Gasteiger charge is 2.11. The smallest absolute Gasteiger partial charge is 0.405 e. The summed E-state index contributed by atoms with van der Waals surface area (Å²) in [6, 6.07) is -0.202. The van der Waals surface area contributed by atoms with Gasteiger partial charge in [-0.15, -0.1) is 0 Å². The van der Waals surface area contributed by atoms with Gasteiger partial charge in [0.15, 0.2) is 0 Å². The van der Waals surface area contributed by atoms with Crippen LogP contribution in [0.15, 0.2) is 0 Å². The summed E-state index contributed by atoms with van der Waals surface area (Å²) < 4.78 is 7.79. The maximum absolute atomic E-state index is 11.0. The van der Waals surface area contributed by atoms with Crippen molar-refractivity contribution in [3.05, 3.63) is 0 Å². The maximum Gasteiger partial charge on any atom is 0.405 e. The first-order valence-electron chi connectivity index (χ1n) is 6.68. The highest BCUT2D eigenvalue weighted by atomic mass is 127. The van der Waals surface area contributed by atoms with E-state index in [0.717, 1.165) is 19.3 Å². The largest absolute Gasteiger partial charge is 0.465 e. The van der Waals surface area contributed by atoms with Crippen molar-refractivity contribution in [1.82, 2.24) is 8.85 Å². The molecule has 0 fully saturated rings. The molecule has 0 aromatic carbocycles. The van der Waals surface area contributed by atoms with Crippen molar-refractivity contribution in [2.24, 2.45) is 0 Å². The Morgan fingerprint density at radius 3 is 2.15 bits per heavy atom. The molecule has 0 aromatic heterocycles. The highest BCUT2D eigenvalue weighted by molar-refractivity contribution is 14.1. The summed E-state index contributed by atoms with van der Waals surface area (Å²) in [6.07, 6.45) is 2.27. The summed E-state index contributed by atoms with van der Waals surface area (Å²) in [6.45, 7) is 9.84. The van der Waals surface area contributed by atoms with E-state index in [1.807, 2.05) is 22.9 Å². The number of esters is 1. The topological polar surface area (TPSA) is 87.7 Å². The van der Waals surface area contributed by atoms with Gasteiger partial charge in [0.1, 0.15) is 6.04 Å². The lowest BCUT2D eigenvalue weighted by atomic mass is 10.1. The van der Waals surface area contributed by atoms with Gasteiger partial charge in [0, 0.05) is 28.4 Å². The monoisotopic (exact) mass is 402 g/mol. The molecule has 120 valence electrons. The number of rotatable bonds is 6. The summed E-state index contributed by atoms with van der Waals surface area (Å²) in [4.78, 5) is 21.0. The van der Waals surface area contributed by atoms with Crippen LogP contribution >= 0.6 is 22.9 Å². The Labute approximate surface area is 135 Å². The Kier molecular flexibility index (Phi) is 13.2. The number of carboxylic acid groups (broad SMARTS) is 1. The number of carbonyl (C=O) groups is 2. The summed E-state index contributed by atoms with van der Waals surface area (Å²) in [7, 11) is 0. The lowest BCUT2D eigenvalue weighted by molar-refractivity contribution is -0.145. The van der Waals surface area contributed by atoms with E-state index in [-0.39, 0.29) is 17.6 Å². The molecule has 0 bridgehead atoms. The summed E-state index contributed by atoms with van der Waals surface area (Å²) in [5.41, 5.74) is -0.328. The Bertz CT molecular complexity index is 280. The van der Waals surface area contributed by atoms with E-state index in [2.05, 4.69) is 15.8 Å². The standard InChI is InChI=1S/C8H16INO2.C5H11NO2/c1-3-4-5-6-12-8(11)7(2)10-9;1-5(2,3)6-4(7)8/h7,10H,3-6H2,1-2H3;6H,1-3H3,(H,7,8)/t7-;/m0./s1. The number of carbonyl (C=O) groups excluding carboxylic acids is 1. The molecule has 20 heavy (non-hydrogen) atoms. The minimum absolute atomic E-state index is 0.166. The number of ether oxygens (including phenoxy) is 1. The minimum Gasteiger partial charge on any atom is -0.465 e. The Hall–Kier alpha value is -0.570. The molecular weight excluding hydrogens is 375 g/mol. The lowest BCUT2D eigenvalue weighted by Gasteiger charge is -2.16. The quantitative estimate of drug-likeness (QED) is 0.275. The van der Waals surface area contributed by atoms with Crippen LogP contribution in [0.4, 0.5) is 4.79 Å². The van der Waals surface area contributed by atoms with Crippen LogP contribution in [0, 0.1) is 0 Å². The van der Waals surface area contributed by atoms with Crippen LogP contribution in [0.3, 0.4) is 0 Å². The van der Waals surface area contributed by atoms with Gasteiger partial charge >= 0.3 is 12.1 Å². The third kappa shape index (κ3) is 17.4. The second-order valence-corrected chi connectivity index (χ2v) is 6.01. The van der Waals surface area contributed by atoms with Crippen LogP contribution in [-0.4, -0.2) is 35.4 Å². The van der Waals surface area contributed by atoms with Crippen LogP contribution in [0.2, 0.25) is 0 Å². The van der Waals surface area contributed by atoms with Gasteiger partial charge in [0.05, 0.1) is 6.61 Å². The molecule has 0 rings (SSSR count). The van der Waals surface area contributed by atoms with Gasteiger partial charge in [0.2, 0.25) is 0 Å². The number of unbranched alkanes of at least 4 members (excludes halogenated alkanes) is 2. The molecule has 0 aliphatic carbocycles. The third-order valence-corrected chi connectivity index (χ3v) is 2.93. The fourth-order valence-electron chi connectivity index (χ4n) is 1.02. The van der Waals surface area contributed by atoms with Crippen molar-refractivity contribution in [2.45, 2.75) is 65.5 Å². The van der Waals surface area contributed by atoms with Gasteiger partial charge in [-0.05, 0) is 34.1 Å². The van der Waals surface area contributed by atoms with Crippen molar-refractivity contribution < 1.29 is 19.4 Å². The molecule has 7 heteroatoms. The Morgan fingerprint density at radius 2 is 1.85 bits per heavy atom. The van der Waals surface area contributed by atoms with Gasteiger partial charge in [0.25, 0.3) is 0 Å². The fourth-order valence-corrected chi connectivity index (χ4v) is 1.27. The summed E-state index contributed by atoms with van der Waals surface area (Å²) >= 11 is 1.95. The number of amides is 1. The number of hydrogen-bond donors (Lipinski definition) is 3. The van der Waals surface area contributed by atoms with Gasteiger partial charge in [-0.1, -0.05) is 19.8 Å². The van der Waals surface area contributed by atoms with Gasteiger partial charge in [-0.3, -0.25) is 4.79 Å². The number of halogens is 1. The first-order chi connectivity index (χ1) is 9.14. The van der Waals surface area contributed by atoms with Gasteiger partial charge < -0.3 is 15.2 Å². The predicted octanol–water partition coefficient (Wildman–Crippen LogP) is 3.10. The molecule has 0 aliphatic rings. The molecule has 0 aromatic rings. The molecule has 0 saturated heterocycles. The van der Waals surface area contributed by atoms with Crippen molar-refractivity contribution >= 4 is 34.9 Å². The van der Waals surface area contributed by atoms with E-state index in [9.17, 15) is 9.59 Å². The van der Waals surface area contributed by atoms with Crippen molar-refractivity contribution in [3.8, 4) is 0 Å². The predicted molar refractivity (Wildman–Crippen MR) is 88.0 cm³/mol. The molecule has 0 saturated carbocycles. The molecular formula is C13H27IN2O4. The first kappa shape index (κ1) is 21.7. The molecule has 1 amide bonds. The zero-order chi connectivity index (χ0) is 16.2. The second-order valence-electron chi connectivity index (χ2n) is 5.39. The van der Waals surface area contributed by atoms with Crippen molar-refractivity contribution in [1.29, 1.82) is 0 Å². The van der Waals surface area contributed by atoms with Crippen LogP contribution < -0.4 is 8.85 Å². The summed E-state index contributed by atoms with van der Waals surface area (Å²) in [5.74, 6) is -0.166. The molecule has 0 radical (unpaired) electrons. The minimum atomic E-state index is -0.975. The van der Waals surface area contributed by atoms with Crippen molar-refractivity contribution in [2.75, 3.05) is 6.61 Å². The average molecular weight is 402 g/mol. The average Bonchev–Trinajstić information content (AvgIpc) is 2.31. The molecule has 0 unspecified atom stereocenters. The zero-order valence-corrected chi connectivity index (χ0v) is 15.1. The lowest BCUT2D eigenvalue weighted by Crippen LogP contribution is -2.39. The SMILES string of the molecule is CC(C)(C)NC(=O)O.CCCCCOC(=O)[C@H](C)NI. The van der Waals surface area contributed by atoms with E-state index in [4.69, 9.17) is 9.84 Å². The third-order valence-electron chi connectivity index (χ3n) is 1.99. The molecule has 0 spiro atoms. The summed E-state index contributed by atoms with van der Waals surface area (Å²) in [5, 5.41) is 10.4. The van der Waals surface area contributed by atoms with E-state index in [1.165, 1.54) is 0 Å². The fraction of sp³-hybridized carbons (Fsp3) is 0.846. The van der Waals surface area contributed by atoms with E-state index >= 15 is 0 Å².